The topological polar surface area (TPSA) is 51.7 Å². The van der Waals surface area contributed by atoms with Crippen molar-refractivity contribution in [1.29, 1.82) is 0 Å². The van der Waals surface area contributed by atoms with E-state index >= 15 is 0 Å². The van der Waals surface area contributed by atoms with Crippen LogP contribution in [0.25, 0.3) is 0 Å². The van der Waals surface area contributed by atoms with E-state index < -0.39 is 0 Å². The average molecular weight is 382 g/mol. The van der Waals surface area contributed by atoms with E-state index in [9.17, 15) is 4.79 Å². The molecular formula is C22H31N5O. The van der Waals surface area contributed by atoms with Crippen molar-refractivity contribution in [3.8, 4) is 0 Å². The van der Waals surface area contributed by atoms with Gasteiger partial charge in [0.05, 0.1) is 11.9 Å². The van der Waals surface area contributed by atoms with Crippen LogP contribution in [0.3, 0.4) is 0 Å². The summed E-state index contributed by atoms with van der Waals surface area (Å²) in [5.74, 6) is 0.0264. The molecule has 2 heterocycles. The molecule has 3 rings (SSSR count). The van der Waals surface area contributed by atoms with E-state index in [1.54, 1.807) is 6.20 Å². The Morgan fingerprint density at radius 1 is 1.07 bits per heavy atom. The van der Waals surface area contributed by atoms with Crippen molar-refractivity contribution in [1.82, 2.24) is 19.7 Å². The van der Waals surface area contributed by atoms with Crippen LogP contribution in [-0.4, -0.2) is 79.0 Å². The minimum atomic E-state index is 0.0264. The fourth-order valence-corrected chi connectivity index (χ4v) is 3.37. The smallest absolute Gasteiger partial charge is 0.272 e. The highest BCUT2D eigenvalue weighted by Crippen LogP contribution is 2.12. The maximum atomic E-state index is 12.7. The summed E-state index contributed by atoms with van der Waals surface area (Å²) in [6, 6.07) is 14.3. The highest BCUT2D eigenvalue weighted by Gasteiger charge is 2.22. The van der Waals surface area contributed by atoms with E-state index in [0.717, 1.165) is 57.9 Å². The van der Waals surface area contributed by atoms with Gasteiger partial charge in [0.2, 0.25) is 0 Å². The largest absolute Gasteiger partial charge is 0.384 e. The van der Waals surface area contributed by atoms with Crippen LogP contribution in [-0.2, 0) is 6.54 Å². The van der Waals surface area contributed by atoms with Crippen molar-refractivity contribution < 1.29 is 4.79 Å². The van der Waals surface area contributed by atoms with Gasteiger partial charge < -0.3 is 15.1 Å². The number of carbonyl (C=O) groups is 1. The third-order valence-corrected chi connectivity index (χ3v) is 5.00. The van der Waals surface area contributed by atoms with Crippen molar-refractivity contribution in [2.45, 2.75) is 13.0 Å². The van der Waals surface area contributed by atoms with Crippen molar-refractivity contribution in [3.05, 3.63) is 59.9 Å². The van der Waals surface area contributed by atoms with E-state index in [-0.39, 0.29) is 5.91 Å². The highest BCUT2D eigenvalue weighted by molar-refractivity contribution is 5.92. The Morgan fingerprint density at radius 3 is 2.46 bits per heavy atom. The maximum Gasteiger partial charge on any atom is 0.272 e. The molecule has 28 heavy (non-hydrogen) atoms. The van der Waals surface area contributed by atoms with Crippen molar-refractivity contribution in [2.24, 2.45) is 0 Å². The first-order chi connectivity index (χ1) is 13.6. The molecule has 2 aromatic rings. The zero-order valence-corrected chi connectivity index (χ0v) is 17.0. The van der Waals surface area contributed by atoms with Crippen molar-refractivity contribution >= 4 is 11.6 Å². The van der Waals surface area contributed by atoms with Crippen LogP contribution in [0.5, 0.6) is 0 Å². The number of rotatable bonds is 8. The van der Waals surface area contributed by atoms with E-state index in [1.807, 2.05) is 23.1 Å². The summed E-state index contributed by atoms with van der Waals surface area (Å²) < 4.78 is 0. The second-order valence-electron chi connectivity index (χ2n) is 7.57. The molecule has 1 N–H and O–H groups in total. The Balaban J connectivity index is 1.44. The third-order valence-electron chi connectivity index (χ3n) is 5.00. The summed E-state index contributed by atoms with van der Waals surface area (Å²) in [6.45, 7) is 6.17. The van der Waals surface area contributed by atoms with Gasteiger partial charge in [0.15, 0.2) is 0 Å². The fraction of sp³-hybridized carbons (Fsp3) is 0.455. The van der Waals surface area contributed by atoms with Crippen molar-refractivity contribution in [2.75, 3.05) is 58.7 Å². The first kappa shape index (κ1) is 20.3. The zero-order chi connectivity index (χ0) is 19.8. The van der Waals surface area contributed by atoms with Crippen LogP contribution in [0.2, 0.25) is 0 Å². The third kappa shape index (κ3) is 6.04. The standard InChI is InChI=1S/C22H31N5O/c1-25(2)12-6-11-23-20-9-10-21(24-17-20)22(28)27-15-13-26(14-16-27)18-19-7-4-3-5-8-19/h3-5,7-10,17,23H,6,11-16,18H2,1-2H3. The lowest BCUT2D eigenvalue weighted by Gasteiger charge is -2.34. The summed E-state index contributed by atoms with van der Waals surface area (Å²) in [6.07, 6.45) is 2.83. The van der Waals surface area contributed by atoms with Gasteiger partial charge in [0, 0.05) is 39.3 Å². The molecule has 0 radical (unpaired) electrons. The molecule has 1 aromatic heterocycles. The Bertz CT molecular complexity index is 724. The number of hydrogen-bond donors (Lipinski definition) is 1. The molecule has 0 atom stereocenters. The molecule has 1 aromatic carbocycles. The number of carbonyl (C=O) groups excluding carboxylic acids is 1. The molecule has 1 aliphatic heterocycles. The fourth-order valence-electron chi connectivity index (χ4n) is 3.37. The molecule has 1 amide bonds. The first-order valence-corrected chi connectivity index (χ1v) is 10.0. The van der Waals surface area contributed by atoms with Gasteiger partial charge in [-0.25, -0.2) is 4.98 Å². The molecule has 6 heteroatoms. The monoisotopic (exact) mass is 381 g/mol. The predicted octanol–water partition coefficient (Wildman–Crippen LogP) is 2.40. The molecule has 0 aliphatic carbocycles. The lowest BCUT2D eigenvalue weighted by Crippen LogP contribution is -2.48. The number of piperazine rings is 1. The van der Waals surface area contributed by atoms with Crippen LogP contribution < -0.4 is 5.32 Å². The summed E-state index contributed by atoms with van der Waals surface area (Å²) in [4.78, 5) is 23.6. The van der Waals surface area contributed by atoms with E-state index in [2.05, 4.69) is 58.5 Å². The quantitative estimate of drug-likeness (QED) is 0.712. The summed E-state index contributed by atoms with van der Waals surface area (Å²) in [5.41, 5.74) is 2.80. The molecule has 0 unspecified atom stereocenters. The molecule has 0 saturated carbocycles. The molecule has 150 valence electrons. The minimum Gasteiger partial charge on any atom is -0.384 e. The highest BCUT2D eigenvalue weighted by atomic mass is 16.2. The van der Waals surface area contributed by atoms with Gasteiger partial charge in [0.25, 0.3) is 5.91 Å². The van der Waals surface area contributed by atoms with Gasteiger partial charge in [-0.3, -0.25) is 9.69 Å². The number of hydrogen-bond acceptors (Lipinski definition) is 5. The lowest BCUT2D eigenvalue weighted by molar-refractivity contribution is 0.0623. The Labute approximate surface area is 168 Å². The minimum absolute atomic E-state index is 0.0264. The second kappa shape index (κ2) is 10.2. The molecule has 1 fully saturated rings. The van der Waals surface area contributed by atoms with Crippen LogP contribution in [0.15, 0.2) is 48.7 Å². The van der Waals surface area contributed by atoms with Gasteiger partial charge in [0.1, 0.15) is 5.69 Å². The van der Waals surface area contributed by atoms with Crippen LogP contribution in [0.1, 0.15) is 22.5 Å². The van der Waals surface area contributed by atoms with Gasteiger partial charge in [-0.05, 0) is 44.8 Å². The van der Waals surface area contributed by atoms with E-state index in [1.165, 1.54) is 5.56 Å². The van der Waals surface area contributed by atoms with E-state index in [4.69, 9.17) is 0 Å². The average Bonchev–Trinajstić information content (AvgIpc) is 2.72. The van der Waals surface area contributed by atoms with Gasteiger partial charge in [-0.1, -0.05) is 30.3 Å². The van der Waals surface area contributed by atoms with Gasteiger partial charge in [-0.2, -0.15) is 0 Å². The number of pyridine rings is 1. The van der Waals surface area contributed by atoms with Crippen LogP contribution in [0, 0.1) is 0 Å². The zero-order valence-electron chi connectivity index (χ0n) is 17.0. The number of aromatic nitrogens is 1. The van der Waals surface area contributed by atoms with Crippen molar-refractivity contribution in [3.63, 3.8) is 0 Å². The van der Waals surface area contributed by atoms with Crippen LogP contribution in [0.4, 0.5) is 5.69 Å². The molecule has 1 aliphatic rings. The number of anilines is 1. The molecule has 0 spiro atoms. The molecule has 6 nitrogen and oxygen atoms in total. The molecular weight excluding hydrogens is 350 g/mol. The Morgan fingerprint density at radius 2 is 1.82 bits per heavy atom. The number of nitrogens with zero attached hydrogens (tertiary/aromatic N) is 4. The van der Waals surface area contributed by atoms with Crippen LogP contribution >= 0.6 is 0 Å². The number of nitrogens with one attached hydrogen (secondary N) is 1. The summed E-state index contributed by atoms with van der Waals surface area (Å²) >= 11 is 0. The van der Waals surface area contributed by atoms with E-state index in [0.29, 0.717) is 5.69 Å². The SMILES string of the molecule is CN(C)CCCNc1ccc(C(=O)N2CCN(Cc3ccccc3)CC2)nc1. The first-order valence-electron chi connectivity index (χ1n) is 10.0. The number of amides is 1. The Hall–Kier alpha value is -2.44. The molecule has 1 saturated heterocycles. The maximum absolute atomic E-state index is 12.7. The normalized spacial score (nSPS) is 15.0. The number of benzene rings is 1. The van der Waals surface area contributed by atoms with Gasteiger partial charge in [-0.15, -0.1) is 0 Å². The lowest BCUT2D eigenvalue weighted by atomic mass is 10.2. The Kier molecular flexibility index (Phi) is 7.39. The van der Waals surface area contributed by atoms with Gasteiger partial charge >= 0.3 is 0 Å². The second-order valence-corrected chi connectivity index (χ2v) is 7.57. The summed E-state index contributed by atoms with van der Waals surface area (Å²) in [7, 11) is 4.15. The molecule has 0 bridgehead atoms. The predicted molar refractivity (Wildman–Crippen MR) is 114 cm³/mol. The summed E-state index contributed by atoms with van der Waals surface area (Å²) in [5, 5.41) is 3.35.